The summed E-state index contributed by atoms with van der Waals surface area (Å²) >= 11 is 1.49. The summed E-state index contributed by atoms with van der Waals surface area (Å²) in [6.07, 6.45) is 3.30. The van der Waals surface area contributed by atoms with Gasteiger partial charge < -0.3 is 10.1 Å². The van der Waals surface area contributed by atoms with Gasteiger partial charge in [-0.15, -0.1) is 11.3 Å². The van der Waals surface area contributed by atoms with Gasteiger partial charge in [0.25, 0.3) is 0 Å². The van der Waals surface area contributed by atoms with E-state index in [1.165, 1.54) is 11.3 Å². The number of nitrogens with one attached hydrogen (secondary N) is 1. The fourth-order valence-corrected chi connectivity index (χ4v) is 3.77. The summed E-state index contributed by atoms with van der Waals surface area (Å²) in [5.41, 5.74) is 0.681. The van der Waals surface area contributed by atoms with E-state index in [-0.39, 0.29) is 17.3 Å². The van der Waals surface area contributed by atoms with E-state index in [0.717, 1.165) is 24.1 Å². The summed E-state index contributed by atoms with van der Waals surface area (Å²) in [5.74, 6) is -0.0857. The van der Waals surface area contributed by atoms with Crippen LogP contribution < -0.4 is 5.32 Å². The number of hydrogen-bond donors (Lipinski definition) is 1. The van der Waals surface area contributed by atoms with Crippen LogP contribution in [0.2, 0.25) is 0 Å². The zero-order valence-electron chi connectivity index (χ0n) is 15.8. The molecule has 4 nitrogen and oxygen atoms in total. The molecule has 1 rings (SSSR count). The average molecular weight is 354 g/mol. The quantitative estimate of drug-likeness (QED) is 0.619. The van der Waals surface area contributed by atoms with Crippen LogP contribution in [-0.2, 0) is 9.53 Å². The summed E-state index contributed by atoms with van der Waals surface area (Å²) in [6.45, 7) is 12.9. The first-order chi connectivity index (χ1) is 11.2. The molecule has 0 aliphatic rings. The molecular formula is C19H31NO3S. The molecule has 0 aliphatic heterocycles. The number of hydrogen-bond acceptors (Lipinski definition) is 4. The number of carbonyl (C=O) groups is 2. The molecule has 136 valence electrons. The maximum Gasteiger partial charge on any atom is 0.341 e. The van der Waals surface area contributed by atoms with E-state index in [0.29, 0.717) is 29.5 Å². The fraction of sp³-hybridized carbons (Fsp3) is 0.684. The van der Waals surface area contributed by atoms with Gasteiger partial charge in [0.15, 0.2) is 0 Å². The standard InChI is InChI=1S/C19H31NO3S/c1-7-9-10-16(21)20-17-14(18(22)23-8-2)11-15(24-17)13(3)12-19(4,5)6/h11,13H,7-10,12H2,1-6H3,(H,20,21)/t13-/m1/s1. The third-order valence-electron chi connectivity index (χ3n) is 3.66. The molecule has 0 bridgehead atoms. The van der Waals surface area contributed by atoms with E-state index in [1.54, 1.807) is 6.92 Å². The van der Waals surface area contributed by atoms with Crippen molar-refractivity contribution < 1.29 is 14.3 Å². The van der Waals surface area contributed by atoms with Crippen molar-refractivity contribution in [1.82, 2.24) is 0 Å². The Morgan fingerprint density at radius 1 is 1.29 bits per heavy atom. The number of esters is 1. The normalized spacial score (nSPS) is 12.8. The lowest BCUT2D eigenvalue weighted by atomic mass is 9.85. The molecule has 0 spiro atoms. The van der Waals surface area contributed by atoms with Crippen molar-refractivity contribution >= 4 is 28.2 Å². The van der Waals surface area contributed by atoms with Gasteiger partial charge in [-0.25, -0.2) is 4.79 Å². The second-order valence-electron chi connectivity index (χ2n) is 7.43. The van der Waals surface area contributed by atoms with Crippen molar-refractivity contribution in [3.05, 3.63) is 16.5 Å². The van der Waals surface area contributed by atoms with Crippen LogP contribution in [0.4, 0.5) is 5.00 Å². The molecule has 0 aromatic carbocycles. The van der Waals surface area contributed by atoms with E-state index < -0.39 is 0 Å². The van der Waals surface area contributed by atoms with E-state index in [2.05, 4.69) is 39.9 Å². The minimum Gasteiger partial charge on any atom is -0.462 e. The second-order valence-corrected chi connectivity index (χ2v) is 8.51. The van der Waals surface area contributed by atoms with E-state index in [4.69, 9.17) is 4.74 Å². The highest BCUT2D eigenvalue weighted by Gasteiger charge is 2.23. The molecule has 0 radical (unpaired) electrons. The molecule has 24 heavy (non-hydrogen) atoms. The molecule has 1 amide bonds. The lowest BCUT2D eigenvalue weighted by Crippen LogP contribution is -2.13. The van der Waals surface area contributed by atoms with Gasteiger partial charge in [-0.1, -0.05) is 41.0 Å². The van der Waals surface area contributed by atoms with Crippen molar-refractivity contribution in [3.63, 3.8) is 0 Å². The molecule has 5 heteroatoms. The van der Waals surface area contributed by atoms with Crippen LogP contribution in [0, 0.1) is 5.41 Å². The lowest BCUT2D eigenvalue weighted by Gasteiger charge is -2.22. The molecule has 0 unspecified atom stereocenters. The number of carbonyl (C=O) groups excluding carboxylic acids is 2. The van der Waals surface area contributed by atoms with Gasteiger partial charge in [-0.3, -0.25) is 4.79 Å². The zero-order chi connectivity index (χ0) is 18.3. The first-order valence-electron chi connectivity index (χ1n) is 8.78. The zero-order valence-corrected chi connectivity index (χ0v) is 16.6. The van der Waals surface area contributed by atoms with Gasteiger partial charge in [-0.2, -0.15) is 0 Å². The van der Waals surface area contributed by atoms with E-state index >= 15 is 0 Å². The summed E-state index contributed by atoms with van der Waals surface area (Å²) in [7, 11) is 0. The molecule has 1 N–H and O–H groups in total. The third-order valence-corrected chi connectivity index (χ3v) is 4.94. The van der Waals surface area contributed by atoms with Gasteiger partial charge in [0, 0.05) is 11.3 Å². The van der Waals surface area contributed by atoms with Crippen LogP contribution in [0.25, 0.3) is 0 Å². The van der Waals surface area contributed by atoms with Crippen LogP contribution in [0.15, 0.2) is 6.07 Å². The van der Waals surface area contributed by atoms with Crippen LogP contribution >= 0.6 is 11.3 Å². The number of unbranched alkanes of at least 4 members (excludes halogenated alkanes) is 1. The van der Waals surface area contributed by atoms with Crippen molar-refractivity contribution in [2.75, 3.05) is 11.9 Å². The van der Waals surface area contributed by atoms with Crippen LogP contribution in [0.5, 0.6) is 0 Å². The van der Waals surface area contributed by atoms with Gasteiger partial charge in [0.05, 0.1) is 12.2 Å². The van der Waals surface area contributed by atoms with Crippen molar-refractivity contribution in [2.24, 2.45) is 5.41 Å². The predicted octanol–water partition coefficient (Wildman–Crippen LogP) is 5.59. The Morgan fingerprint density at radius 2 is 1.96 bits per heavy atom. The maximum absolute atomic E-state index is 12.2. The first kappa shape index (κ1) is 20.7. The lowest BCUT2D eigenvalue weighted by molar-refractivity contribution is -0.116. The Kier molecular flexibility index (Phi) is 7.94. The van der Waals surface area contributed by atoms with Crippen molar-refractivity contribution in [1.29, 1.82) is 0 Å². The Hall–Kier alpha value is -1.36. The largest absolute Gasteiger partial charge is 0.462 e. The number of amides is 1. The summed E-state index contributed by atoms with van der Waals surface area (Å²) in [5, 5.41) is 3.52. The number of anilines is 1. The minimum atomic E-state index is -0.367. The fourth-order valence-electron chi connectivity index (χ4n) is 2.65. The molecule has 0 aliphatic carbocycles. The van der Waals surface area contributed by atoms with Crippen molar-refractivity contribution in [2.45, 2.75) is 73.1 Å². The molecule has 0 fully saturated rings. The Morgan fingerprint density at radius 3 is 2.50 bits per heavy atom. The summed E-state index contributed by atoms with van der Waals surface area (Å²) in [6, 6.07) is 1.88. The molecule has 1 heterocycles. The number of thiophene rings is 1. The highest BCUT2D eigenvalue weighted by atomic mass is 32.1. The molecule has 1 aromatic heterocycles. The smallest absolute Gasteiger partial charge is 0.341 e. The monoisotopic (exact) mass is 353 g/mol. The molecular weight excluding hydrogens is 322 g/mol. The molecule has 1 aromatic rings. The minimum absolute atomic E-state index is 0.0423. The third kappa shape index (κ3) is 6.63. The predicted molar refractivity (Wildman–Crippen MR) is 101 cm³/mol. The average Bonchev–Trinajstić information content (AvgIpc) is 2.87. The summed E-state index contributed by atoms with van der Waals surface area (Å²) in [4.78, 5) is 25.4. The van der Waals surface area contributed by atoms with Gasteiger partial charge in [0.2, 0.25) is 5.91 Å². The molecule has 0 saturated carbocycles. The SMILES string of the molecule is CCCCC(=O)Nc1sc([C@H](C)CC(C)(C)C)cc1C(=O)OCC. The van der Waals surface area contributed by atoms with Gasteiger partial charge >= 0.3 is 5.97 Å². The van der Waals surface area contributed by atoms with E-state index in [1.807, 2.05) is 6.07 Å². The number of rotatable bonds is 8. The van der Waals surface area contributed by atoms with E-state index in [9.17, 15) is 9.59 Å². The van der Waals surface area contributed by atoms with Crippen LogP contribution in [0.1, 0.15) is 88.4 Å². The van der Waals surface area contributed by atoms with Crippen molar-refractivity contribution in [3.8, 4) is 0 Å². The Labute approximate surface area is 150 Å². The highest BCUT2D eigenvalue weighted by molar-refractivity contribution is 7.16. The first-order valence-corrected chi connectivity index (χ1v) is 9.60. The van der Waals surface area contributed by atoms with Gasteiger partial charge in [-0.05, 0) is 37.2 Å². The van der Waals surface area contributed by atoms with Crippen LogP contribution in [0.3, 0.4) is 0 Å². The summed E-state index contributed by atoms with van der Waals surface area (Å²) < 4.78 is 5.14. The van der Waals surface area contributed by atoms with Gasteiger partial charge in [0.1, 0.15) is 5.00 Å². The maximum atomic E-state index is 12.2. The topological polar surface area (TPSA) is 55.4 Å². The Balaban J connectivity index is 3.01. The number of ether oxygens (including phenoxy) is 1. The Bertz CT molecular complexity index is 557. The van der Waals surface area contributed by atoms with Crippen LogP contribution in [-0.4, -0.2) is 18.5 Å². The highest BCUT2D eigenvalue weighted by Crippen LogP contribution is 2.38. The second kappa shape index (κ2) is 9.21. The molecule has 1 atom stereocenters. The molecule has 0 saturated heterocycles.